The maximum atomic E-state index is 13.1. The molecule has 0 N–H and O–H groups in total. The number of ether oxygens (including phenoxy) is 1. The molecule has 1 fully saturated rings. The molecule has 1 aliphatic rings. The van der Waals surface area contributed by atoms with E-state index in [0.717, 1.165) is 18.3 Å². The third-order valence-electron chi connectivity index (χ3n) is 4.80. The topological polar surface area (TPSA) is 77.3 Å². The average molecular weight is 432 g/mol. The molecule has 0 aliphatic carbocycles. The predicted octanol–water partition coefficient (Wildman–Crippen LogP) is 3.34. The van der Waals surface area contributed by atoms with Crippen molar-refractivity contribution >= 4 is 10.0 Å². The summed E-state index contributed by atoms with van der Waals surface area (Å²) >= 11 is 0. The minimum absolute atomic E-state index is 0.0132. The van der Waals surface area contributed by atoms with E-state index in [-0.39, 0.29) is 29.9 Å². The Bertz CT molecular complexity index is 1000. The van der Waals surface area contributed by atoms with E-state index in [0.29, 0.717) is 17.8 Å². The monoisotopic (exact) mass is 432 g/mol. The first-order valence-electron chi connectivity index (χ1n) is 9.17. The molecule has 0 bridgehead atoms. The normalized spacial score (nSPS) is 18.6. The molecule has 1 saturated heterocycles. The molecule has 7 nitrogen and oxygen atoms in total. The van der Waals surface area contributed by atoms with Gasteiger partial charge in [-0.2, -0.15) is 22.6 Å². The number of hydrogen-bond donors (Lipinski definition) is 0. The van der Waals surface area contributed by atoms with Crippen molar-refractivity contribution in [2.75, 3.05) is 13.1 Å². The molecule has 0 radical (unpaired) electrons. The molecule has 3 heterocycles. The minimum atomic E-state index is -4.50. The zero-order valence-electron chi connectivity index (χ0n) is 16.6. The Balaban J connectivity index is 1.78. The second kappa shape index (κ2) is 7.60. The molecule has 0 aromatic carbocycles. The number of aryl methyl sites for hydroxylation is 1. The lowest BCUT2D eigenvalue weighted by Crippen LogP contribution is -2.31. The largest absolute Gasteiger partial charge is 0.473 e. The van der Waals surface area contributed by atoms with E-state index < -0.39 is 27.9 Å². The van der Waals surface area contributed by atoms with Crippen molar-refractivity contribution < 1.29 is 26.3 Å². The Morgan fingerprint density at radius 3 is 2.55 bits per heavy atom. The first kappa shape index (κ1) is 21.6. The van der Waals surface area contributed by atoms with E-state index in [9.17, 15) is 21.6 Å². The maximum absolute atomic E-state index is 13.1. The van der Waals surface area contributed by atoms with Crippen molar-refractivity contribution in [1.29, 1.82) is 0 Å². The van der Waals surface area contributed by atoms with Gasteiger partial charge in [0.05, 0.1) is 23.5 Å². The molecule has 0 unspecified atom stereocenters. The van der Waals surface area contributed by atoms with Crippen LogP contribution in [0.4, 0.5) is 13.2 Å². The number of nitrogens with zero attached hydrogens (tertiary/aromatic N) is 4. The van der Waals surface area contributed by atoms with Crippen LogP contribution in [0.2, 0.25) is 0 Å². The fourth-order valence-corrected chi connectivity index (χ4v) is 5.33. The van der Waals surface area contributed by atoms with Gasteiger partial charge in [0.1, 0.15) is 11.0 Å². The number of hydrogen-bond acceptors (Lipinski definition) is 5. The molecule has 0 saturated carbocycles. The minimum Gasteiger partial charge on any atom is -0.473 e. The standard InChI is InChI=1S/C18H23F3N4O3S/c1-11(2)25-13(4)17(12(3)23-25)29(26,27)24-8-6-15(10-24)28-16-9-14(5-7-22-16)18(19,20)21/h5,7,9,11,15H,6,8,10H2,1-4H3/t15-/m1/s1. The second-order valence-electron chi connectivity index (χ2n) is 7.31. The van der Waals surface area contributed by atoms with Crippen molar-refractivity contribution in [2.45, 2.75) is 57.3 Å². The Hall–Kier alpha value is -2.14. The first-order valence-corrected chi connectivity index (χ1v) is 10.6. The number of halogens is 3. The Morgan fingerprint density at radius 2 is 1.97 bits per heavy atom. The lowest BCUT2D eigenvalue weighted by molar-refractivity contribution is -0.137. The van der Waals surface area contributed by atoms with Crippen LogP contribution in [-0.4, -0.2) is 46.7 Å². The highest BCUT2D eigenvalue weighted by Gasteiger charge is 2.37. The molecule has 0 amide bonds. The maximum Gasteiger partial charge on any atom is 0.416 e. The molecule has 2 aromatic heterocycles. The third kappa shape index (κ3) is 4.25. The van der Waals surface area contributed by atoms with Gasteiger partial charge in [-0.15, -0.1) is 0 Å². The van der Waals surface area contributed by atoms with Crippen LogP contribution in [-0.2, 0) is 16.2 Å². The quantitative estimate of drug-likeness (QED) is 0.724. The van der Waals surface area contributed by atoms with Crippen LogP contribution in [0.25, 0.3) is 0 Å². The fourth-order valence-electron chi connectivity index (χ4n) is 3.49. The van der Waals surface area contributed by atoms with Gasteiger partial charge in [-0.3, -0.25) is 4.68 Å². The van der Waals surface area contributed by atoms with Crippen LogP contribution in [0.5, 0.6) is 5.88 Å². The molecule has 1 aliphatic heterocycles. The van der Waals surface area contributed by atoms with Crippen molar-refractivity contribution in [2.24, 2.45) is 0 Å². The molecule has 1 atom stereocenters. The highest BCUT2D eigenvalue weighted by molar-refractivity contribution is 7.89. The summed E-state index contributed by atoms with van der Waals surface area (Å²) in [5.74, 6) is -0.177. The van der Waals surface area contributed by atoms with Crippen molar-refractivity contribution in [3.8, 4) is 5.88 Å². The van der Waals surface area contributed by atoms with E-state index in [1.807, 2.05) is 13.8 Å². The van der Waals surface area contributed by atoms with Gasteiger partial charge in [-0.25, -0.2) is 13.4 Å². The highest BCUT2D eigenvalue weighted by Crippen LogP contribution is 2.32. The van der Waals surface area contributed by atoms with E-state index in [1.54, 1.807) is 18.5 Å². The van der Waals surface area contributed by atoms with E-state index in [4.69, 9.17) is 4.74 Å². The zero-order valence-corrected chi connectivity index (χ0v) is 17.4. The van der Waals surface area contributed by atoms with E-state index in [1.165, 1.54) is 4.31 Å². The van der Waals surface area contributed by atoms with Crippen LogP contribution in [0.3, 0.4) is 0 Å². The molecular weight excluding hydrogens is 409 g/mol. The van der Waals surface area contributed by atoms with Crippen LogP contribution in [0.15, 0.2) is 23.2 Å². The smallest absolute Gasteiger partial charge is 0.416 e. The number of aromatic nitrogens is 3. The number of alkyl halides is 3. The van der Waals surface area contributed by atoms with Crippen molar-refractivity contribution in [3.63, 3.8) is 0 Å². The first-order chi connectivity index (χ1) is 13.4. The summed E-state index contributed by atoms with van der Waals surface area (Å²) in [5.41, 5.74) is 0.110. The molecule has 0 spiro atoms. The van der Waals surface area contributed by atoms with Crippen LogP contribution in [0.1, 0.15) is 43.3 Å². The van der Waals surface area contributed by atoms with E-state index >= 15 is 0 Å². The van der Waals surface area contributed by atoms with Crippen molar-refractivity contribution in [1.82, 2.24) is 19.1 Å². The molecule has 11 heteroatoms. The molecule has 160 valence electrons. The van der Waals surface area contributed by atoms with Gasteiger partial charge in [0.2, 0.25) is 15.9 Å². The second-order valence-corrected chi connectivity index (χ2v) is 9.19. The predicted molar refractivity (Wildman–Crippen MR) is 99.1 cm³/mol. The Labute approximate surface area is 167 Å². The number of sulfonamides is 1. The van der Waals surface area contributed by atoms with Crippen LogP contribution in [0, 0.1) is 13.8 Å². The molecule has 2 aromatic rings. The summed E-state index contributed by atoms with van der Waals surface area (Å²) in [6, 6.07) is 1.69. The Morgan fingerprint density at radius 1 is 1.28 bits per heavy atom. The highest BCUT2D eigenvalue weighted by atomic mass is 32.2. The third-order valence-corrected chi connectivity index (χ3v) is 6.92. The number of rotatable bonds is 5. The zero-order chi connectivity index (χ0) is 21.6. The fraction of sp³-hybridized carbons (Fsp3) is 0.556. The van der Waals surface area contributed by atoms with Crippen LogP contribution >= 0.6 is 0 Å². The lowest BCUT2D eigenvalue weighted by atomic mass is 10.2. The SMILES string of the molecule is Cc1nn(C(C)C)c(C)c1S(=O)(=O)N1CC[C@@H](Oc2cc(C(F)(F)F)ccn2)C1. The lowest BCUT2D eigenvalue weighted by Gasteiger charge is -2.18. The van der Waals surface area contributed by atoms with Gasteiger partial charge in [0, 0.05) is 24.8 Å². The average Bonchev–Trinajstić information content (AvgIpc) is 3.19. The van der Waals surface area contributed by atoms with E-state index in [2.05, 4.69) is 10.1 Å². The summed E-state index contributed by atoms with van der Waals surface area (Å²) in [6.07, 6.45) is -3.71. The van der Waals surface area contributed by atoms with Gasteiger partial charge >= 0.3 is 6.18 Å². The van der Waals surface area contributed by atoms with Gasteiger partial charge in [-0.1, -0.05) is 0 Å². The molecular formula is C18H23F3N4O3S. The van der Waals surface area contributed by atoms with Gasteiger partial charge in [0.25, 0.3) is 0 Å². The van der Waals surface area contributed by atoms with Gasteiger partial charge in [0.15, 0.2) is 0 Å². The summed E-state index contributed by atoms with van der Waals surface area (Å²) in [4.78, 5) is 3.98. The Kier molecular flexibility index (Phi) is 5.65. The summed E-state index contributed by atoms with van der Waals surface area (Å²) < 4.78 is 73.3. The molecule has 29 heavy (non-hydrogen) atoms. The van der Waals surface area contributed by atoms with Gasteiger partial charge in [-0.05, 0) is 40.2 Å². The van der Waals surface area contributed by atoms with Gasteiger partial charge < -0.3 is 4.74 Å². The summed E-state index contributed by atoms with van der Waals surface area (Å²) in [5, 5.41) is 4.33. The molecule has 3 rings (SSSR count). The summed E-state index contributed by atoms with van der Waals surface area (Å²) in [7, 11) is -3.80. The summed E-state index contributed by atoms with van der Waals surface area (Å²) in [6.45, 7) is 7.43. The van der Waals surface area contributed by atoms with Crippen molar-refractivity contribution in [3.05, 3.63) is 35.3 Å². The van der Waals surface area contributed by atoms with Crippen LogP contribution < -0.4 is 4.74 Å². The number of pyridine rings is 1.